The van der Waals surface area contributed by atoms with Gasteiger partial charge in [0.2, 0.25) is 5.91 Å². The molecule has 0 bridgehead atoms. The Kier molecular flexibility index (Phi) is 7.44. The highest BCUT2D eigenvalue weighted by molar-refractivity contribution is 7.18. The van der Waals surface area contributed by atoms with E-state index in [2.05, 4.69) is 37.5 Å². The maximum Gasteiger partial charge on any atom is 0.229 e. The lowest BCUT2D eigenvalue weighted by Gasteiger charge is -2.51. The van der Waals surface area contributed by atoms with E-state index in [0.29, 0.717) is 22.9 Å². The molecule has 0 N–H and O–H groups in total. The Labute approximate surface area is 232 Å². The molecule has 37 heavy (non-hydrogen) atoms. The molecule has 4 atom stereocenters. The van der Waals surface area contributed by atoms with Crippen LogP contribution >= 0.6 is 34.5 Å². The third kappa shape index (κ3) is 4.95. The number of benzene rings is 3. The zero-order valence-corrected chi connectivity index (χ0v) is 23.4. The summed E-state index contributed by atoms with van der Waals surface area (Å²) in [6.07, 6.45) is 3.91. The van der Waals surface area contributed by atoms with Crippen LogP contribution in [0.4, 0.5) is 0 Å². The number of likely N-dealkylation sites (tertiary alicyclic amines) is 1. The fraction of sp³-hybridized carbons (Fsp3) is 0.290. The van der Waals surface area contributed by atoms with Gasteiger partial charge in [-0.15, -0.1) is 17.9 Å². The molecule has 0 spiro atoms. The predicted octanol–water partition coefficient (Wildman–Crippen LogP) is 9.39. The molecule has 1 fully saturated rings. The second-order valence-corrected chi connectivity index (χ2v) is 12.0. The summed E-state index contributed by atoms with van der Waals surface area (Å²) in [6.45, 7) is 8.20. The number of carbonyl (C=O) groups is 1. The molecular weight excluding hydrogens is 519 g/mol. The van der Waals surface area contributed by atoms with Crippen molar-refractivity contribution in [1.82, 2.24) is 9.88 Å². The fourth-order valence-electron chi connectivity index (χ4n) is 5.75. The van der Waals surface area contributed by atoms with E-state index in [0.717, 1.165) is 32.8 Å². The van der Waals surface area contributed by atoms with Crippen LogP contribution in [0.3, 0.4) is 0 Å². The third-order valence-electron chi connectivity index (χ3n) is 7.50. The summed E-state index contributed by atoms with van der Waals surface area (Å²) >= 11 is 14.4. The first-order valence-electron chi connectivity index (χ1n) is 12.6. The minimum atomic E-state index is -0.595. The van der Waals surface area contributed by atoms with Crippen LogP contribution in [0.25, 0.3) is 10.2 Å². The predicted molar refractivity (Wildman–Crippen MR) is 155 cm³/mol. The molecule has 4 aromatic rings. The average Bonchev–Trinajstić information content (AvgIpc) is 3.32. The van der Waals surface area contributed by atoms with Gasteiger partial charge in [-0.05, 0) is 66.8 Å². The number of fused-ring (bicyclic) bond motifs is 1. The average molecular weight is 550 g/mol. The molecule has 5 rings (SSSR count). The molecule has 1 aliphatic rings. The Morgan fingerprint density at radius 2 is 1.84 bits per heavy atom. The van der Waals surface area contributed by atoms with Crippen molar-refractivity contribution in [3.63, 3.8) is 0 Å². The lowest BCUT2D eigenvalue weighted by Crippen LogP contribution is -2.52. The van der Waals surface area contributed by atoms with Gasteiger partial charge in [0, 0.05) is 16.0 Å². The maximum absolute atomic E-state index is 14.5. The summed E-state index contributed by atoms with van der Waals surface area (Å²) in [7, 11) is 0. The highest BCUT2D eigenvalue weighted by Gasteiger charge is 2.51. The molecule has 0 unspecified atom stereocenters. The van der Waals surface area contributed by atoms with Gasteiger partial charge in [0.25, 0.3) is 0 Å². The number of para-hydroxylation sites is 1. The van der Waals surface area contributed by atoms with Crippen LogP contribution in [-0.4, -0.2) is 15.8 Å². The number of aromatic nitrogens is 1. The topological polar surface area (TPSA) is 33.2 Å². The molecule has 3 nitrogen and oxygen atoms in total. The molecule has 0 radical (unpaired) electrons. The molecule has 0 saturated carbocycles. The van der Waals surface area contributed by atoms with Gasteiger partial charge in [0.05, 0.1) is 27.7 Å². The zero-order valence-electron chi connectivity index (χ0n) is 21.0. The number of hydrogen-bond donors (Lipinski definition) is 0. The number of allylic oxidation sites excluding steroid dienone is 1. The Hall–Kier alpha value is -2.66. The number of hydrogen-bond acceptors (Lipinski definition) is 3. The van der Waals surface area contributed by atoms with Crippen LogP contribution in [-0.2, 0) is 4.79 Å². The zero-order chi connectivity index (χ0) is 26.2. The van der Waals surface area contributed by atoms with Crippen LogP contribution in [0.15, 0.2) is 85.5 Å². The smallest absolute Gasteiger partial charge is 0.229 e. The Bertz CT molecular complexity index is 1400. The molecule has 1 saturated heterocycles. The SMILES string of the molecule is C=CC[C@@]1(C)C[C@H](c2cccc(Cl)c2)[C@@H](c2ccc(Cl)cc2)N([C@@H](CC)c2nc3ccccc3s2)C1=O. The quantitative estimate of drug-likeness (QED) is 0.215. The number of rotatable bonds is 7. The minimum Gasteiger partial charge on any atom is -0.325 e. The van der Waals surface area contributed by atoms with E-state index in [9.17, 15) is 4.79 Å². The number of amides is 1. The summed E-state index contributed by atoms with van der Waals surface area (Å²) < 4.78 is 1.13. The van der Waals surface area contributed by atoms with Gasteiger partial charge in [-0.25, -0.2) is 4.98 Å². The minimum absolute atomic E-state index is 0.0333. The maximum atomic E-state index is 14.5. The molecule has 190 valence electrons. The van der Waals surface area contributed by atoms with Gasteiger partial charge < -0.3 is 4.90 Å². The van der Waals surface area contributed by atoms with Crippen molar-refractivity contribution in [3.05, 3.63) is 112 Å². The van der Waals surface area contributed by atoms with Crippen molar-refractivity contribution >= 4 is 50.7 Å². The van der Waals surface area contributed by atoms with Crippen LogP contribution in [0.1, 0.15) is 67.2 Å². The molecule has 1 aromatic heterocycles. The monoisotopic (exact) mass is 548 g/mol. The van der Waals surface area contributed by atoms with E-state index in [4.69, 9.17) is 28.2 Å². The van der Waals surface area contributed by atoms with Crippen molar-refractivity contribution in [2.75, 3.05) is 0 Å². The first-order chi connectivity index (χ1) is 17.8. The Morgan fingerprint density at radius 3 is 2.51 bits per heavy atom. The van der Waals surface area contributed by atoms with Crippen molar-refractivity contribution in [3.8, 4) is 0 Å². The number of halogens is 2. The summed E-state index contributed by atoms with van der Waals surface area (Å²) in [5.41, 5.74) is 2.55. The number of carbonyl (C=O) groups excluding carboxylic acids is 1. The van der Waals surface area contributed by atoms with Crippen molar-refractivity contribution < 1.29 is 4.79 Å². The summed E-state index contributed by atoms with van der Waals surface area (Å²) in [5, 5.41) is 2.33. The fourth-order valence-corrected chi connectivity index (χ4v) is 7.23. The van der Waals surface area contributed by atoms with Gasteiger partial charge in [0.1, 0.15) is 5.01 Å². The van der Waals surface area contributed by atoms with Crippen LogP contribution in [0, 0.1) is 5.41 Å². The normalized spacial score (nSPS) is 22.8. The number of nitrogens with zero attached hydrogens (tertiary/aromatic N) is 2. The van der Waals surface area contributed by atoms with E-state index < -0.39 is 5.41 Å². The number of piperidine rings is 1. The number of thiazole rings is 1. The van der Waals surface area contributed by atoms with Crippen molar-refractivity contribution in [2.45, 2.75) is 51.1 Å². The largest absolute Gasteiger partial charge is 0.325 e. The molecular formula is C31H30Cl2N2OS. The molecule has 1 amide bonds. The second-order valence-electron chi connectivity index (χ2n) is 10.1. The van der Waals surface area contributed by atoms with Crippen molar-refractivity contribution in [2.24, 2.45) is 5.41 Å². The third-order valence-corrected chi connectivity index (χ3v) is 9.13. The van der Waals surface area contributed by atoms with E-state index in [1.807, 2.05) is 66.7 Å². The summed E-state index contributed by atoms with van der Waals surface area (Å²) in [6, 6.07) is 23.8. The van der Waals surface area contributed by atoms with Gasteiger partial charge in [0.15, 0.2) is 0 Å². The molecule has 0 aliphatic carbocycles. The summed E-state index contributed by atoms with van der Waals surface area (Å²) in [5.74, 6) is 0.169. The van der Waals surface area contributed by atoms with Gasteiger partial charge in [-0.3, -0.25) is 4.79 Å². The summed E-state index contributed by atoms with van der Waals surface area (Å²) in [4.78, 5) is 21.6. The molecule has 2 heterocycles. The van der Waals surface area contributed by atoms with Gasteiger partial charge in [-0.2, -0.15) is 0 Å². The van der Waals surface area contributed by atoms with E-state index >= 15 is 0 Å². The van der Waals surface area contributed by atoms with Gasteiger partial charge >= 0.3 is 0 Å². The first-order valence-corrected chi connectivity index (χ1v) is 14.2. The second kappa shape index (κ2) is 10.6. The molecule has 1 aliphatic heterocycles. The lowest BCUT2D eigenvalue weighted by atomic mass is 9.67. The standard InChI is InChI=1S/C31H30Cl2N2OS/c1-4-17-31(3)19-24(21-9-8-10-23(33)18-21)28(20-13-15-22(32)16-14-20)35(30(31)36)26(5-2)29-34-25-11-6-7-12-27(25)37-29/h4,6-16,18,24,26,28H,1,5,17,19H2,2-3H3/t24-,26+,28-,31+/m1/s1. The van der Waals surface area contributed by atoms with Gasteiger partial charge in [-0.1, -0.05) is 79.5 Å². The lowest BCUT2D eigenvalue weighted by molar-refractivity contribution is -0.155. The van der Waals surface area contributed by atoms with E-state index in [1.165, 1.54) is 0 Å². The van der Waals surface area contributed by atoms with E-state index in [1.54, 1.807) is 11.3 Å². The molecule has 6 heteroatoms. The van der Waals surface area contributed by atoms with Crippen molar-refractivity contribution in [1.29, 1.82) is 0 Å². The molecule has 3 aromatic carbocycles. The first kappa shape index (κ1) is 26.0. The highest BCUT2D eigenvalue weighted by atomic mass is 35.5. The Morgan fingerprint density at radius 1 is 1.08 bits per heavy atom. The highest BCUT2D eigenvalue weighted by Crippen LogP contribution is 2.54. The van der Waals surface area contributed by atoms with Crippen LogP contribution < -0.4 is 0 Å². The van der Waals surface area contributed by atoms with Crippen LogP contribution in [0.2, 0.25) is 10.0 Å². The van der Waals surface area contributed by atoms with Crippen LogP contribution in [0.5, 0.6) is 0 Å². The van der Waals surface area contributed by atoms with E-state index in [-0.39, 0.29) is 23.9 Å². The Balaban J connectivity index is 1.72.